The van der Waals surface area contributed by atoms with E-state index in [0.717, 1.165) is 18.5 Å². The van der Waals surface area contributed by atoms with Crippen LogP contribution in [0.5, 0.6) is 0 Å². The average molecular weight is 276 g/mol. The predicted molar refractivity (Wildman–Crippen MR) is 72.8 cm³/mol. The number of aromatic nitrogens is 2. The van der Waals surface area contributed by atoms with Gasteiger partial charge >= 0.3 is 0 Å². The van der Waals surface area contributed by atoms with Gasteiger partial charge in [-0.15, -0.1) is 0 Å². The van der Waals surface area contributed by atoms with Crippen molar-refractivity contribution in [1.82, 2.24) is 15.0 Å². The van der Waals surface area contributed by atoms with Crippen molar-refractivity contribution in [2.24, 2.45) is 0 Å². The summed E-state index contributed by atoms with van der Waals surface area (Å²) >= 11 is 0. The molecule has 20 heavy (non-hydrogen) atoms. The molecule has 0 amide bonds. The Bertz CT molecular complexity index is 611. The van der Waals surface area contributed by atoms with E-state index in [4.69, 9.17) is 4.52 Å². The van der Waals surface area contributed by atoms with Crippen LogP contribution in [-0.4, -0.2) is 35.7 Å². The van der Waals surface area contributed by atoms with Gasteiger partial charge in [0.25, 0.3) is 5.95 Å². The molecule has 0 radical (unpaired) electrons. The Kier molecular flexibility index (Phi) is 3.40. The highest BCUT2D eigenvalue weighted by Gasteiger charge is 2.19. The number of benzene rings is 1. The standard InChI is InChI=1S/C14H17FN4O/c1-18(2)14-16-13(20-17-14)9-19-6-5-10-3-4-12(15)7-11(10)8-19/h3-4,7H,5-6,8-9H2,1-2H3. The topological polar surface area (TPSA) is 45.4 Å². The van der Waals surface area contributed by atoms with E-state index < -0.39 is 0 Å². The molecule has 2 heterocycles. The highest BCUT2D eigenvalue weighted by Crippen LogP contribution is 2.21. The third-order valence-corrected chi connectivity index (χ3v) is 3.48. The number of rotatable bonds is 3. The fraction of sp³-hybridized carbons (Fsp3) is 0.429. The van der Waals surface area contributed by atoms with Gasteiger partial charge in [0, 0.05) is 27.2 Å². The Morgan fingerprint density at radius 1 is 1.35 bits per heavy atom. The molecule has 106 valence electrons. The summed E-state index contributed by atoms with van der Waals surface area (Å²) in [5, 5.41) is 3.89. The molecule has 1 aromatic heterocycles. The molecule has 3 rings (SSSR count). The SMILES string of the molecule is CN(C)c1noc(CN2CCc3ccc(F)cc3C2)n1. The zero-order chi connectivity index (χ0) is 14.1. The summed E-state index contributed by atoms with van der Waals surface area (Å²) in [4.78, 5) is 8.30. The minimum Gasteiger partial charge on any atom is -0.344 e. The molecule has 5 nitrogen and oxygen atoms in total. The first-order valence-corrected chi connectivity index (χ1v) is 6.61. The van der Waals surface area contributed by atoms with Crippen LogP contribution in [0.4, 0.5) is 10.3 Å². The summed E-state index contributed by atoms with van der Waals surface area (Å²) in [5.74, 6) is 0.982. The number of hydrogen-bond donors (Lipinski definition) is 0. The molecule has 6 heteroatoms. The number of anilines is 1. The van der Waals surface area contributed by atoms with Crippen molar-refractivity contribution in [2.75, 3.05) is 25.5 Å². The van der Waals surface area contributed by atoms with Crippen LogP contribution in [0.25, 0.3) is 0 Å². The Hall–Kier alpha value is -1.95. The molecule has 0 aliphatic carbocycles. The molecule has 1 aliphatic rings. The molecule has 2 aromatic rings. The summed E-state index contributed by atoms with van der Waals surface area (Å²) in [6, 6.07) is 5.01. The van der Waals surface area contributed by atoms with Crippen LogP contribution in [0.2, 0.25) is 0 Å². The lowest BCUT2D eigenvalue weighted by Gasteiger charge is -2.27. The Balaban J connectivity index is 1.70. The first-order chi connectivity index (χ1) is 9.61. The van der Waals surface area contributed by atoms with Crippen LogP contribution in [0.3, 0.4) is 0 Å². The third-order valence-electron chi connectivity index (χ3n) is 3.48. The molecule has 0 spiro atoms. The van der Waals surface area contributed by atoms with Gasteiger partial charge in [-0.05, 0) is 34.8 Å². The van der Waals surface area contributed by atoms with E-state index in [1.54, 1.807) is 11.0 Å². The first-order valence-electron chi connectivity index (χ1n) is 6.61. The molecule has 0 fully saturated rings. The van der Waals surface area contributed by atoms with Crippen molar-refractivity contribution in [3.8, 4) is 0 Å². The van der Waals surface area contributed by atoms with Gasteiger partial charge in [0.05, 0.1) is 6.54 Å². The third kappa shape index (κ3) is 2.65. The minimum atomic E-state index is -0.182. The smallest absolute Gasteiger partial charge is 0.265 e. The fourth-order valence-electron chi connectivity index (χ4n) is 2.40. The monoisotopic (exact) mass is 276 g/mol. The second-order valence-electron chi connectivity index (χ2n) is 5.26. The molecular weight excluding hydrogens is 259 g/mol. The molecule has 0 atom stereocenters. The molecule has 0 saturated carbocycles. The maximum atomic E-state index is 13.3. The average Bonchev–Trinajstić information content (AvgIpc) is 2.87. The van der Waals surface area contributed by atoms with Crippen LogP contribution in [0.15, 0.2) is 22.7 Å². The molecule has 1 aliphatic heterocycles. The van der Waals surface area contributed by atoms with E-state index in [9.17, 15) is 4.39 Å². The van der Waals surface area contributed by atoms with Gasteiger partial charge in [-0.25, -0.2) is 4.39 Å². The van der Waals surface area contributed by atoms with Crippen molar-refractivity contribution in [2.45, 2.75) is 19.5 Å². The lowest BCUT2D eigenvalue weighted by molar-refractivity contribution is 0.210. The highest BCUT2D eigenvalue weighted by molar-refractivity contribution is 5.30. The fourth-order valence-corrected chi connectivity index (χ4v) is 2.40. The van der Waals surface area contributed by atoms with E-state index in [2.05, 4.69) is 15.0 Å². The van der Waals surface area contributed by atoms with Gasteiger partial charge < -0.3 is 9.42 Å². The van der Waals surface area contributed by atoms with Crippen LogP contribution in [0.1, 0.15) is 17.0 Å². The van der Waals surface area contributed by atoms with Crippen molar-refractivity contribution in [3.05, 3.63) is 41.0 Å². The summed E-state index contributed by atoms with van der Waals surface area (Å²) in [5.41, 5.74) is 2.27. The second-order valence-corrected chi connectivity index (χ2v) is 5.26. The zero-order valence-electron chi connectivity index (χ0n) is 11.6. The van der Waals surface area contributed by atoms with Crippen LogP contribution in [0, 0.1) is 5.82 Å². The number of hydrogen-bond acceptors (Lipinski definition) is 5. The van der Waals surface area contributed by atoms with Crippen LogP contribution >= 0.6 is 0 Å². The summed E-state index contributed by atoms with van der Waals surface area (Å²) in [6.45, 7) is 2.22. The molecule has 0 bridgehead atoms. The van der Waals surface area contributed by atoms with Gasteiger partial charge in [0.1, 0.15) is 5.82 Å². The molecule has 0 N–H and O–H groups in total. The van der Waals surface area contributed by atoms with Gasteiger partial charge in [0.15, 0.2) is 0 Å². The number of halogens is 1. The van der Waals surface area contributed by atoms with Gasteiger partial charge in [0.2, 0.25) is 5.89 Å². The van der Waals surface area contributed by atoms with Gasteiger partial charge in [-0.3, -0.25) is 4.90 Å². The Labute approximate surface area is 117 Å². The Morgan fingerprint density at radius 3 is 2.95 bits per heavy atom. The molecular formula is C14H17FN4O. The molecule has 0 unspecified atom stereocenters. The zero-order valence-corrected chi connectivity index (χ0v) is 11.6. The maximum absolute atomic E-state index is 13.3. The Morgan fingerprint density at radius 2 is 2.20 bits per heavy atom. The van der Waals surface area contributed by atoms with E-state index in [1.807, 2.05) is 20.2 Å². The summed E-state index contributed by atoms with van der Waals surface area (Å²) < 4.78 is 18.5. The molecule has 0 saturated heterocycles. The van der Waals surface area contributed by atoms with E-state index in [-0.39, 0.29) is 5.82 Å². The van der Waals surface area contributed by atoms with E-state index in [1.165, 1.54) is 11.6 Å². The largest absolute Gasteiger partial charge is 0.344 e. The number of nitrogens with zero attached hydrogens (tertiary/aromatic N) is 4. The first kappa shape index (κ1) is 13.1. The maximum Gasteiger partial charge on any atom is 0.265 e. The van der Waals surface area contributed by atoms with E-state index in [0.29, 0.717) is 24.9 Å². The van der Waals surface area contributed by atoms with Crippen molar-refractivity contribution < 1.29 is 8.91 Å². The van der Waals surface area contributed by atoms with Crippen molar-refractivity contribution in [3.63, 3.8) is 0 Å². The lowest BCUT2D eigenvalue weighted by Crippen LogP contribution is -2.30. The van der Waals surface area contributed by atoms with Crippen LogP contribution in [-0.2, 0) is 19.5 Å². The normalized spacial score (nSPS) is 15.2. The summed E-state index contributed by atoms with van der Waals surface area (Å²) in [7, 11) is 3.74. The van der Waals surface area contributed by atoms with Crippen molar-refractivity contribution >= 4 is 5.95 Å². The predicted octanol–water partition coefficient (Wildman–Crippen LogP) is 1.83. The second kappa shape index (κ2) is 5.20. The highest BCUT2D eigenvalue weighted by atomic mass is 19.1. The van der Waals surface area contributed by atoms with Crippen LogP contribution < -0.4 is 4.90 Å². The van der Waals surface area contributed by atoms with Gasteiger partial charge in [-0.1, -0.05) is 6.07 Å². The molecule has 1 aromatic carbocycles. The lowest BCUT2D eigenvalue weighted by atomic mass is 10.00. The number of fused-ring (bicyclic) bond motifs is 1. The van der Waals surface area contributed by atoms with Gasteiger partial charge in [-0.2, -0.15) is 4.98 Å². The quantitative estimate of drug-likeness (QED) is 0.856. The summed E-state index contributed by atoms with van der Waals surface area (Å²) in [6.07, 6.45) is 0.921. The van der Waals surface area contributed by atoms with Crippen molar-refractivity contribution in [1.29, 1.82) is 0 Å². The minimum absolute atomic E-state index is 0.182. The van der Waals surface area contributed by atoms with E-state index >= 15 is 0 Å².